The van der Waals surface area contributed by atoms with Crippen molar-refractivity contribution in [2.45, 2.75) is 50.7 Å². The summed E-state index contributed by atoms with van der Waals surface area (Å²) in [5, 5.41) is 3.37. The van der Waals surface area contributed by atoms with Gasteiger partial charge < -0.3 is 10.2 Å². The van der Waals surface area contributed by atoms with E-state index in [1.807, 2.05) is 51.1 Å². The molecule has 44 heavy (non-hydrogen) atoms. The zero-order valence-corrected chi connectivity index (χ0v) is 26.4. The van der Waals surface area contributed by atoms with Gasteiger partial charge in [0.15, 0.2) is 0 Å². The van der Waals surface area contributed by atoms with Gasteiger partial charge in [-0.3, -0.25) is 13.9 Å². The molecule has 0 bridgehead atoms. The van der Waals surface area contributed by atoms with E-state index >= 15 is 0 Å². The van der Waals surface area contributed by atoms with Gasteiger partial charge in [-0.2, -0.15) is 0 Å². The van der Waals surface area contributed by atoms with Crippen LogP contribution in [0.3, 0.4) is 0 Å². The Labute approximate surface area is 263 Å². The summed E-state index contributed by atoms with van der Waals surface area (Å²) in [4.78, 5) is 29.4. The summed E-state index contributed by atoms with van der Waals surface area (Å²) in [6, 6.07) is 26.2. The first-order chi connectivity index (χ1) is 20.9. The number of carbonyl (C=O) groups is 2. The van der Waals surface area contributed by atoms with Crippen LogP contribution in [0.25, 0.3) is 0 Å². The molecule has 0 fully saturated rings. The molecule has 0 heterocycles. The molecule has 2 amide bonds. The maximum atomic E-state index is 14.4. The topological polar surface area (TPSA) is 86.8 Å². The number of nitrogens with one attached hydrogen (secondary N) is 1. The standard InChI is InChI=1S/C34H35ClFN3O4S/c1-24(2)37-34(41)32(21-26-8-5-4-6-9-26)38(22-27-10-7-11-28(35)20-27)33(40)23-39(30-16-14-29(36)15-17-30)44(42,43)31-18-12-25(3)13-19-31/h4-20,24,32H,21-23H2,1-3H3,(H,37,41)/t32-/m1/s1. The Balaban J connectivity index is 1.80. The second-order valence-electron chi connectivity index (χ2n) is 10.8. The predicted octanol–water partition coefficient (Wildman–Crippen LogP) is 6.15. The maximum absolute atomic E-state index is 14.4. The van der Waals surface area contributed by atoms with Gasteiger partial charge in [-0.25, -0.2) is 12.8 Å². The highest BCUT2D eigenvalue weighted by atomic mass is 35.5. The van der Waals surface area contributed by atoms with Crippen molar-refractivity contribution in [3.63, 3.8) is 0 Å². The van der Waals surface area contributed by atoms with Gasteiger partial charge in [-0.1, -0.05) is 71.8 Å². The van der Waals surface area contributed by atoms with Crippen molar-refractivity contribution in [1.82, 2.24) is 10.2 Å². The lowest BCUT2D eigenvalue weighted by Gasteiger charge is -2.34. The minimum atomic E-state index is -4.27. The van der Waals surface area contributed by atoms with E-state index in [9.17, 15) is 22.4 Å². The van der Waals surface area contributed by atoms with Gasteiger partial charge >= 0.3 is 0 Å². The van der Waals surface area contributed by atoms with Crippen molar-refractivity contribution in [3.05, 3.63) is 131 Å². The summed E-state index contributed by atoms with van der Waals surface area (Å²) in [5.74, 6) is -1.55. The Morgan fingerprint density at radius 1 is 0.864 bits per heavy atom. The van der Waals surface area contributed by atoms with Gasteiger partial charge in [-0.15, -0.1) is 0 Å². The first-order valence-electron chi connectivity index (χ1n) is 14.2. The van der Waals surface area contributed by atoms with Crippen molar-refractivity contribution in [2.75, 3.05) is 10.8 Å². The highest BCUT2D eigenvalue weighted by Gasteiger charge is 2.34. The second kappa shape index (κ2) is 14.5. The number of benzene rings is 4. The number of anilines is 1. The monoisotopic (exact) mass is 635 g/mol. The fourth-order valence-electron chi connectivity index (χ4n) is 4.74. The van der Waals surface area contributed by atoms with Crippen LogP contribution in [0.1, 0.15) is 30.5 Å². The van der Waals surface area contributed by atoms with E-state index in [1.165, 1.54) is 29.2 Å². The van der Waals surface area contributed by atoms with Crippen molar-refractivity contribution in [3.8, 4) is 0 Å². The predicted molar refractivity (Wildman–Crippen MR) is 171 cm³/mol. The number of halogens is 2. The lowest BCUT2D eigenvalue weighted by atomic mass is 10.0. The van der Waals surface area contributed by atoms with Gasteiger partial charge in [-0.05, 0) is 80.4 Å². The fourth-order valence-corrected chi connectivity index (χ4v) is 6.37. The van der Waals surface area contributed by atoms with Crippen LogP contribution in [0.5, 0.6) is 0 Å². The summed E-state index contributed by atoms with van der Waals surface area (Å²) in [6.07, 6.45) is 0.187. The molecule has 0 unspecified atom stereocenters. The van der Waals surface area contributed by atoms with Crippen LogP contribution in [0, 0.1) is 12.7 Å². The third-order valence-electron chi connectivity index (χ3n) is 6.95. The number of hydrogen-bond donors (Lipinski definition) is 1. The molecule has 4 aromatic rings. The second-order valence-corrected chi connectivity index (χ2v) is 13.1. The van der Waals surface area contributed by atoms with Gasteiger partial charge in [0.2, 0.25) is 11.8 Å². The van der Waals surface area contributed by atoms with Crippen molar-refractivity contribution in [1.29, 1.82) is 0 Å². The molecule has 0 aliphatic carbocycles. The number of carbonyl (C=O) groups excluding carboxylic acids is 2. The van der Waals surface area contributed by atoms with Crippen molar-refractivity contribution < 1.29 is 22.4 Å². The summed E-state index contributed by atoms with van der Waals surface area (Å²) < 4.78 is 42.8. The average molecular weight is 636 g/mol. The number of aryl methyl sites for hydroxylation is 1. The molecule has 1 atom stereocenters. The zero-order chi connectivity index (χ0) is 31.9. The van der Waals surface area contributed by atoms with E-state index in [4.69, 9.17) is 11.6 Å². The number of sulfonamides is 1. The molecule has 0 saturated heterocycles. The molecule has 0 aliphatic rings. The van der Waals surface area contributed by atoms with Crippen molar-refractivity contribution >= 4 is 39.1 Å². The van der Waals surface area contributed by atoms with E-state index in [-0.39, 0.29) is 35.5 Å². The Hall–Kier alpha value is -4.21. The number of hydrogen-bond acceptors (Lipinski definition) is 4. The Morgan fingerprint density at radius 3 is 2.11 bits per heavy atom. The first-order valence-corrected chi connectivity index (χ1v) is 16.0. The van der Waals surface area contributed by atoms with E-state index in [0.717, 1.165) is 27.6 Å². The molecule has 10 heteroatoms. The van der Waals surface area contributed by atoms with Crippen LogP contribution in [-0.4, -0.2) is 43.8 Å². The molecule has 0 aliphatic heterocycles. The van der Waals surface area contributed by atoms with Crippen LogP contribution in [-0.2, 0) is 32.6 Å². The fraction of sp³-hybridized carbons (Fsp3) is 0.235. The van der Waals surface area contributed by atoms with E-state index in [2.05, 4.69) is 5.32 Å². The normalized spacial score (nSPS) is 12.0. The van der Waals surface area contributed by atoms with Gasteiger partial charge in [0.25, 0.3) is 10.0 Å². The number of rotatable bonds is 12. The molecule has 0 spiro atoms. The molecule has 1 N–H and O–H groups in total. The molecular weight excluding hydrogens is 601 g/mol. The molecule has 0 saturated carbocycles. The van der Waals surface area contributed by atoms with Crippen LogP contribution in [0.2, 0.25) is 5.02 Å². The quantitative estimate of drug-likeness (QED) is 0.202. The van der Waals surface area contributed by atoms with Crippen LogP contribution < -0.4 is 9.62 Å². The lowest BCUT2D eigenvalue weighted by molar-refractivity contribution is -0.140. The van der Waals surface area contributed by atoms with Crippen molar-refractivity contribution in [2.24, 2.45) is 0 Å². The highest BCUT2D eigenvalue weighted by Crippen LogP contribution is 2.26. The minimum Gasteiger partial charge on any atom is -0.352 e. The lowest BCUT2D eigenvalue weighted by Crippen LogP contribution is -2.54. The van der Waals surface area contributed by atoms with Crippen LogP contribution >= 0.6 is 11.6 Å². The maximum Gasteiger partial charge on any atom is 0.264 e. The molecule has 4 aromatic carbocycles. The summed E-state index contributed by atoms with van der Waals surface area (Å²) in [6.45, 7) is 4.84. The number of amides is 2. The largest absolute Gasteiger partial charge is 0.352 e. The Bertz CT molecular complexity index is 1680. The minimum absolute atomic E-state index is 0.00968. The van der Waals surface area contributed by atoms with E-state index in [0.29, 0.717) is 10.6 Å². The van der Waals surface area contributed by atoms with Gasteiger partial charge in [0.1, 0.15) is 18.4 Å². The van der Waals surface area contributed by atoms with Gasteiger partial charge in [0.05, 0.1) is 10.6 Å². The molecule has 7 nitrogen and oxygen atoms in total. The van der Waals surface area contributed by atoms with Gasteiger partial charge in [0, 0.05) is 24.0 Å². The average Bonchev–Trinajstić information content (AvgIpc) is 2.98. The first kappa shape index (κ1) is 32.7. The smallest absolute Gasteiger partial charge is 0.264 e. The molecular formula is C34H35ClFN3O4S. The number of nitrogens with zero attached hydrogens (tertiary/aromatic N) is 2. The van der Waals surface area contributed by atoms with Crippen LogP contribution in [0.4, 0.5) is 10.1 Å². The highest BCUT2D eigenvalue weighted by molar-refractivity contribution is 7.92. The van der Waals surface area contributed by atoms with Crippen LogP contribution in [0.15, 0.2) is 108 Å². The Morgan fingerprint density at radius 2 is 1.50 bits per heavy atom. The molecule has 4 rings (SSSR count). The summed E-state index contributed by atoms with van der Waals surface area (Å²) >= 11 is 6.26. The third kappa shape index (κ3) is 8.45. The van der Waals surface area contributed by atoms with E-state index < -0.39 is 34.3 Å². The summed E-state index contributed by atoms with van der Waals surface area (Å²) in [7, 11) is -4.27. The molecule has 0 radical (unpaired) electrons. The summed E-state index contributed by atoms with van der Waals surface area (Å²) in [5.41, 5.74) is 2.45. The third-order valence-corrected chi connectivity index (χ3v) is 8.97. The molecule has 0 aromatic heterocycles. The SMILES string of the molecule is Cc1ccc(S(=O)(=O)N(CC(=O)N(Cc2cccc(Cl)c2)[C@H](Cc2ccccc2)C(=O)NC(C)C)c2ccc(F)cc2)cc1. The van der Waals surface area contributed by atoms with E-state index in [1.54, 1.807) is 36.4 Å². The Kier molecular flexibility index (Phi) is 10.8. The zero-order valence-electron chi connectivity index (χ0n) is 24.8. The molecule has 230 valence electrons.